The zero-order valence-corrected chi connectivity index (χ0v) is 14.2. The molecular formula is C17H24N2O5. The van der Waals surface area contributed by atoms with Crippen LogP contribution in [0.1, 0.15) is 35.7 Å². The molecule has 7 heteroatoms. The Morgan fingerprint density at radius 2 is 2.04 bits per heavy atom. The van der Waals surface area contributed by atoms with Gasteiger partial charge in [-0.05, 0) is 44.0 Å². The first kappa shape index (κ1) is 18.1. The number of aryl methyl sites for hydroxylation is 1. The van der Waals surface area contributed by atoms with Crippen molar-refractivity contribution in [2.24, 2.45) is 0 Å². The first-order valence-corrected chi connectivity index (χ1v) is 8.00. The summed E-state index contributed by atoms with van der Waals surface area (Å²) < 4.78 is 5.07. The van der Waals surface area contributed by atoms with Crippen LogP contribution < -0.4 is 10.1 Å². The van der Waals surface area contributed by atoms with Gasteiger partial charge in [-0.15, -0.1) is 0 Å². The number of carboxylic acid groups (broad SMARTS) is 1. The highest BCUT2D eigenvalue weighted by atomic mass is 16.5. The lowest BCUT2D eigenvalue weighted by Crippen LogP contribution is -2.54. The summed E-state index contributed by atoms with van der Waals surface area (Å²) in [6, 6.07) is 3.43. The van der Waals surface area contributed by atoms with Gasteiger partial charge in [0.25, 0.3) is 5.91 Å². The van der Waals surface area contributed by atoms with Crippen molar-refractivity contribution in [3.8, 4) is 11.5 Å². The van der Waals surface area contributed by atoms with Gasteiger partial charge in [0.15, 0.2) is 11.5 Å². The summed E-state index contributed by atoms with van der Waals surface area (Å²) >= 11 is 0. The number of rotatable bonds is 7. The van der Waals surface area contributed by atoms with Gasteiger partial charge in [0, 0.05) is 12.1 Å². The standard InChI is InChI=1S/C17H24N2O5/c1-4-19(9-15(20)21)12-7-11(8-12)18-17(23)13-5-10(2)6-14(24-3)16(13)22/h5-6,11-12,22H,4,7-9H2,1-3H3,(H,18,23)(H,20,21). The van der Waals surface area contributed by atoms with E-state index >= 15 is 0 Å². The van der Waals surface area contributed by atoms with Gasteiger partial charge in [0.05, 0.1) is 19.2 Å². The van der Waals surface area contributed by atoms with Gasteiger partial charge in [-0.2, -0.15) is 0 Å². The normalized spacial score (nSPS) is 19.7. The third-order valence-corrected chi connectivity index (χ3v) is 4.39. The Morgan fingerprint density at radius 3 is 2.58 bits per heavy atom. The second kappa shape index (κ2) is 7.53. The number of likely N-dealkylation sites (N-methyl/N-ethyl adjacent to an activating group) is 1. The minimum atomic E-state index is -0.846. The van der Waals surface area contributed by atoms with Crippen molar-refractivity contribution in [2.45, 2.75) is 38.8 Å². The number of aliphatic carboxylic acids is 1. The Hall–Kier alpha value is -2.28. The highest BCUT2D eigenvalue weighted by molar-refractivity contribution is 5.98. The van der Waals surface area contributed by atoms with E-state index in [2.05, 4.69) is 5.32 Å². The maximum Gasteiger partial charge on any atom is 0.317 e. The van der Waals surface area contributed by atoms with Crippen LogP contribution in [0.25, 0.3) is 0 Å². The van der Waals surface area contributed by atoms with E-state index in [1.54, 1.807) is 12.1 Å². The molecular weight excluding hydrogens is 312 g/mol. The van der Waals surface area contributed by atoms with E-state index in [1.165, 1.54) is 7.11 Å². The van der Waals surface area contributed by atoms with E-state index in [0.717, 1.165) is 5.56 Å². The Labute approximate surface area is 141 Å². The van der Waals surface area contributed by atoms with Gasteiger partial charge in [-0.25, -0.2) is 0 Å². The van der Waals surface area contributed by atoms with E-state index in [0.29, 0.717) is 19.4 Å². The molecule has 1 aromatic carbocycles. The number of methoxy groups -OCH3 is 1. The molecule has 0 radical (unpaired) electrons. The summed E-state index contributed by atoms with van der Waals surface area (Å²) in [7, 11) is 1.44. The molecule has 1 aromatic rings. The first-order chi connectivity index (χ1) is 11.3. The summed E-state index contributed by atoms with van der Waals surface area (Å²) in [5.74, 6) is -1.09. The van der Waals surface area contributed by atoms with Gasteiger partial charge >= 0.3 is 5.97 Å². The maximum absolute atomic E-state index is 12.4. The highest BCUT2D eigenvalue weighted by Gasteiger charge is 2.35. The number of phenols is 1. The molecule has 0 unspecified atom stereocenters. The van der Waals surface area contributed by atoms with E-state index < -0.39 is 5.97 Å². The lowest BCUT2D eigenvalue weighted by Gasteiger charge is -2.42. The van der Waals surface area contributed by atoms with Crippen molar-refractivity contribution < 1.29 is 24.5 Å². The fourth-order valence-electron chi connectivity index (χ4n) is 3.01. The number of carboxylic acids is 1. The molecule has 132 valence electrons. The van der Waals surface area contributed by atoms with Crippen LogP contribution in [-0.2, 0) is 4.79 Å². The number of aromatic hydroxyl groups is 1. The maximum atomic E-state index is 12.4. The summed E-state index contributed by atoms with van der Waals surface area (Å²) in [5, 5.41) is 21.9. The average molecular weight is 336 g/mol. The molecule has 0 aliphatic heterocycles. The second-order valence-corrected chi connectivity index (χ2v) is 6.12. The Balaban J connectivity index is 1.96. The van der Waals surface area contributed by atoms with Crippen LogP contribution in [0.4, 0.5) is 0 Å². The number of hydrogen-bond acceptors (Lipinski definition) is 5. The van der Waals surface area contributed by atoms with Crippen LogP contribution in [0.5, 0.6) is 11.5 Å². The van der Waals surface area contributed by atoms with Gasteiger partial charge in [0.2, 0.25) is 0 Å². The smallest absolute Gasteiger partial charge is 0.317 e. The topological polar surface area (TPSA) is 99.1 Å². The molecule has 7 nitrogen and oxygen atoms in total. The van der Waals surface area contributed by atoms with Crippen molar-refractivity contribution in [3.63, 3.8) is 0 Å². The minimum Gasteiger partial charge on any atom is -0.504 e. The quantitative estimate of drug-likeness (QED) is 0.696. The molecule has 1 aliphatic carbocycles. The zero-order chi connectivity index (χ0) is 17.9. The molecule has 3 N–H and O–H groups in total. The number of amides is 1. The number of carbonyl (C=O) groups is 2. The summed E-state index contributed by atoms with van der Waals surface area (Å²) in [5.41, 5.74) is 1.01. The number of ether oxygens (including phenoxy) is 1. The molecule has 0 aromatic heterocycles. The Kier molecular flexibility index (Phi) is 5.66. The van der Waals surface area contributed by atoms with Crippen LogP contribution >= 0.6 is 0 Å². The molecule has 2 rings (SSSR count). The predicted molar refractivity (Wildman–Crippen MR) is 88.6 cm³/mol. The molecule has 1 saturated carbocycles. The monoisotopic (exact) mass is 336 g/mol. The predicted octanol–water partition coefficient (Wildman–Crippen LogP) is 1.38. The number of nitrogens with zero attached hydrogens (tertiary/aromatic N) is 1. The first-order valence-electron chi connectivity index (χ1n) is 8.00. The summed E-state index contributed by atoms with van der Waals surface area (Å²) in [6.45, 7) is 4.42. The van der Waals surface area contributed by atoms with E-state index in [4.69, 9.17) is 9.84 Å². The van der Waals surface area contributed by atoms with Gasteiger partial charge in [-0.3, -0.25) is 14.5 Å². The largest absolute Gasteiger partial charge is 0.504 e. The van der Waals surface area contributed by atoms with Gasteiger partial charge < -0.3 is 20.3 Å². The number of nitrogens with one attached hydrogen (secondary N) is 1. The van der Waals surface area contributed by atoms with Crippen LogP contribution in [0.2, 0.25) is 0 Å². The Bertz CT molecular complexity index is 626. The molecule has 0 saturated heterocycles. The third-order valence-electron chi connectivity index (χ3n) is 4.39. The van der Waals surface area contributed by atoms with Gasteiger partial charge in [0.1, 0.15) is 0 Å². The molecule has 1 fully saturated rings. The number of hydrogen-bond donors (Lipinski definition) is 3. The third kappa shape index (κ3) is 3.97. The van der Waals surface area contributed by atoms with Crippen molar-refractivity contribution >= 4 is 11.9 Å². The molecule has 0 atom stereocenters. The minimum absolute atomic E-state index is 0.0116. The summed E-state index contributed by atoms with van der Waals surface area (Å²) in [6.07, 6.45) is 1.41. The van der Waals surface area contributed by atoms with Crippen LogP contribution in [-0.4, -0.2) is 59.3 Å². The lowest BCUT2D eigenvalue weighted by molar-refractivity contribution is -0.139. The molecule has 1 aliphatic rings. The molecule has 24 heavy (non-hydrogen) atoms. The average Bonchev–Trinajstić information content (AvgIpc) is 2.49. The molecule has 0 heterocycles. The fourth-order valence-corrected chi connectivity index (χ4v) is 3.01. The lowest BCUT2D eigenvalue weighted by atomic mass is 9.85. The zero-order valence-electron chi connectivity index (χ0n) is 14.2. The van der Waals surface area contributed by atoms with E-state index in [1.807, 2.05) is 18.7 Å². The van der Waals surface area contributed by atoms with Crippen molar-refractivity contribution in [3.05, 3.63) is 23.3 Å². The molecule has 0 bridgehead atoms. The van der Waals surface area contributed by atoms with Crippen molar-refractivity contribution in [2.75, 3.05) is 20.2 Å². The SMILES string of the molecule is CCN(CC(=O)O)C1CC(NC(=O)c2cc(C)cc(OC)c2O)C1. The molecule has 0 spiro atoms. The van der Waals surface area contributed by atoms with E-state index in [-0.39, 0.29) is 41.6 Å². The molecule has 1 amide bonds. The Morgan fingerprint density at radius 1 is 1.38 bits per heavy atom. The summed E-state index contributed by atoms with van der Waals surface area (Å²) in [4.78, 5) is 25.1. The highest BCUT2D eigenvalue weighted by Crippen LogP contribution is 2.32. The fraction of sp³-hybridized carbons (Fsp3) is 0.529. The number of carbonyl (C=O) groups excluding carboxylic acids is 1. The van der Waals surface area contributed by atoms with Gasteiger partial charge in [-0.1, -0.05) is 6.92 Å². The van der Waals surface area contributed by atoms with Crippen molar-refractivity contribution in [1.82, 2.24) is 10.2 Å². The van der Waals surface area contributed by atoms with Crippen molar-refractivity contribution in [1.29, 1.82) is 0 Å². The van der Waals surface area contributed by atoms with Crippen LogP contribution in [0.3, 0.4) is 0 Å². The number of benzene rings is 1. The van der Waals surface area contributed by atoms with E-state index in [9.17, 15) is 14.7 Å². The van der Waals surface area contributed by atoms with Crippen LogP contribution in [0, 0.1) is 6.92 Å². The van der Waals surface area contributed by atoms with Crippen LogP contribution in [0.15, 0.2) is 12.1 Å². The number of phenolic OH excluding ortho intramolecular Hbond substituents is 1. The second-order valence-electron chi connectivity index (χ2n) is 6.12.